The molecular weight excluding hydrogens is 334 g/mol. The molecule has 0 spiro atoms. The van der Waals surface area contributed by atoms with E-state index in [1.807, 2.05) is 6.92 Å². The van der Waals surface area contributed by atoms with Crippen molar-refractivity contribution in [3.63, 3.8) is 0 Å². The molecule has 0 atom stereocenters. The Bertz CT molecular complexity index is 856. The third-order valence-corrected chi connectivity index (χ3v) is 4.78. The molecule has 0 heterocycles. The van der Waals surface area contributed by atoms with Crippen molar-refractivity contribution in [1.29, 1.82) is 0 Å². The minimum atomic E-state index is -3.70. The van der Waals surface area contributed by atoms with Crippen LogP contribution < -0.4 is 5.32 Å². The summed E-state index contributed by atoms with van der Waals surface area (Å²) in [5.41, 5.74) is 1.66. The molecule has 2 aromatic rings. The predicted molar refractivity (Wildman–Crippen MR) is 91.6 cm³/mol. The number of aryl methyl sites for hydroxylation is 1. The minimum absolute atomic E-state index is 0.160. The van der Waals surface area contributed by atoms with Crippen LogP contribution in [0.15, 0.2) is 58.8 Å². The molecule has 0 radical (unpaired) electrons. The van der Waals surface area contributed by atoms with E-state index in [1.165, 1.54) is 19.1 Å². The molecule has 0 bridgehead atoms. The summed E-state index contributed by atoms with van der Waals surface area (Å²) in [6.07, 6.45) is 0. The Morgan fingerprint density at radius 1 is 1.13 bits per heavy atom. The van der Waals surface area contributed by atoms with Crippen molar-refractivity contribution in [3.05, 3.63) is 70.1 Å². The molecule has 2 aromatic carbocycles. The van der Waals surface area contributed by atoms with E-state index in [2.05, 4.69) is 5.32 Å². The molecule has 0 fully saturated rings. The van der Waals surface area contributed by atoms with E-state index >= 15 is 0 Å². The molecule has 1 amide bonds. The maximum absolute atomic E-state index is 12.5. The van der Waals surface area contributed by atoms with Gasteiger partial charge in [-0.3, -0.25) is 4.79 Å². The molecular formula is C17H16ClNO3S. The van der Waals surface area contributed by atoms with Gasteiger partial charge in [0.2, 0.25) is 15.7 Å². The van der Waals surface area contributed by atoms with Crippen LogP contribution in [0.25, 0.3) is 5.70 Å². The summed E-state index contributed by atoms with van der Waals surface area (Å²) in [5, 5.41) is 4.04. The van der Waals surface area contributed by atoms with Crippen molar-refractivity contribution in [1.82, 2.24) is 5.32 Å². The summed E-state index contributed by atoms with van der Waals surface area (Å²) in [6.45, 7) is 3.19. The average Bonchev–Trinajstić information content (AvgIpc) is 2.46. The van der Waals surface area contributed by atoms with Gasteiger partial charge in [0.05, 0.1) is 16.0 Å². The zero-order chi connectivity index (χ0) is 17.0. The molecule has 0 saturated heterocycles. The Balaban J connectivity index is 2.51. The highest BCUT2D eigenvalue weighted by Crippen LogP contribution is 2.21. The number of amides is 1. The first-order valence-electron chi connectivity index (χ1n) is 6.85. The van der Waals surface area contributed by atoms with E-state index in [0.717, 1.165) is 11.0 Å². The van der Waals surface area contributed by atoms with Crippen LogP contribution in [0.3, 0.4) is 0 Å². The largest absolute Gasteiger partial charge is 0.325 e. The number of carbonyl (C=O) groups excluding carboxylic acids is 1. The summed E-state index contributed by atoms with van der Waals surface area (Å²) in [4.78, 5) is 11.6. The molecule has 120 valence electrons. The van der Waals surface area contributed by atoms with Gasteiger partial charge in [-0.2, -0.15) is 0 Å². The summed E-state index contributed by atoms with van der Waals surface area (Å²) in [6, 6.07) is 13.1. The molecule has 6 heteroatoms. The van der Waals surface area contributed by atoms with Gasteiger partial charge >= 0.3 is 0 Å². The number of benzene rings is 2. The number of carbonyl (C=O) groups is 1. The van der Waals surface area contributed by atoms with Gasteiger partial charge in [-0.05, 0) is 31.2 Å². The van der Waals surface area contributed by atoms with Crippen LogP contribution in [0, 0.1) is 6.92 Å². The third-order valence-electron chi connectivity index (χ3n) is 3.07. The van der Waals surface area contributed by atoms with Crippen molar-refractivity contribution in [3.8, 4) is 0 Å². The maximum atomic E-state index is 12.5. The highest BCUT2D eigenvalue weighted by Gasteiger charge is 2.15. The molecule has 2 rings (SSSR count). The Hall–Kier alpha value is -2.11. The average molecular weight is 350 g/mol. The van der Waals surface area contributed by atoms with Gasteiger partial charge in [0.15, 0.2) is 0 Å². The van der Waals surface area contributed by atoms with Crippen LogP contribution in [0.4, 0.5) is 0 Å². The molecule has 0 aliphatic heterocycles. The first kappa shape index (κ1) is 17.2. The van der Waals surface area contributed by atoms with Crippen molar-refractivity contribution in [2.45, 2.75) is 18.7 Å². The lowest BCUT2D eigenvalue weighted by atomic mass is 10.2. The van der Waals surface area contributed by atoms with Crippen molar-refractivity contribution in [2.75, 3.05) is 0 Å². The van der Waals surface area contributed by atoms with E-state index in [9.17, 15) is 13.2 Å². The molecule has 23 heavy (non-hydrogen) atoms. The standard InChI is InChI=1S/C17H16ClNO3S/c1-12-6-8-16(9-7-12)23(21,22)11-17(19-13(2)20)14-4-3-5-15(18)10-14/h3-11H,1-2H3,(H,19,20)/b17-11+. The van der Waals surface area contributed by atoms with Crippen molar-refractivity contribution in [2.24, 2.45) is 0 Å². The zero-order valence-electron chi connectivity index (χ0n) is 12.7. The van der Waals surface area contributed by atoms with Gasteiger partial charge in [0, 0.05) is 17.5 Å². The number of nitrogens with one attached hydrogen (secondary N) is 1. The monoisotopic (exact) mass is 349 g/mol. The van der Waals surface area contributed by atoms with Crippen molar-refractivity contribution < 1.29 is 13.2 Å². The Morgan fingerprint density at radius 2 is 1.78 bits per heavy atom. The number of hydrogen-bond acceptors (Lipinski definition) is 3. The second kappa shape index (κ2) is 6.98. The number of halogens is 1. The second-order valence-electron chi connectivity index (χ2n) is 5.08. The van der Waals surface area contributed by atoms with Gasteiger partial charge in [0.25, 0.3) is 0 Å². The van der Waals surface area contributed by atoms with E-state index < -0.39 is 9.84 Å². The lowest BCUT2D eigenvalue weighted by Crippen LogP contribution is -2.19. The quantitative estimate of drug-likeness (QED) is 0.918. The maximum Gasteiger partial charge on any atom is 0.221 e. The predicted octanol–water partition coefficient (Wildman–Crippen LogP) is 3.56. The molecule has 0 aliphatic carbocycles. The molecule has 4 nitrogen and oxygen atoms in total. The first-order chi connectivity index (χ1) is 10.8. The van der Waals surface area contributed by atoms with Gasteiger partial charge in [-0.1, -0.05) is 41.4 Å². The van der Waals surface area contributed by atoms with Crippen LogP contribution in [-0.2, 0) is 14.6 Å². The molecule has 0 unspecified atom stereocenters. The van der Waals surface area contributed by atoms with Crippen LogP contribution in [0.5, 0.6) is 0 Å². The Kier molecular flexibility index (Phi) is 5.23. The lowest BCUT2D eigenvalue weighted by molar-refractivity contribution is -0.117. The van der Waals surface area contributed by atoms with Crippen molar-refractivity contribution >= 4 is 33.0 Å². The van der Waals surface area contributed by atoms with Gasteiger partial charge in [-0.25, -0.2) is 8.42 Å². The fraction of sp³-hybridized carbons (Fsp3) is 0.118. The summed E-state index contributed by atoms with van der Waals surface area (Å²) >= 11 is 5.94. The molecule has 0 saturated carbocycles. The first-order valence-corrected chi connectivity index (χ1v) is 8.77. The van der Waals surface area contributed by atoms with E-state index in [4.69, 9.17) is 11.6 Å². The fourth-order valence-corrected chi connectivity index (χ4v) is 3.31. The van der Waals surface area contributed by atoms with Crippen LogP contribution in [0.2, 0.25) is 5.02 Å². The highest BCUT2D eigenvalue weighted by atomic mass is 35.5. The Labute approximate surface area is 140 Å². The smallest absolute Gasteiger partial charge is 0.221 e. The summed E-state index contributed by atoms with van der Waals surface area (Å²) in [5.74, 6) is -0.365. The lowest BCUT2D eigenvalue weighted by Gasteiger charge is -2.10. The van der Waals surface area contributed by atoms with E-state index in [-0.39, 0.29) is 16.5 Å². The SMILES string of the molecule is CC(=O)N/C(=C/S(=O)(=O)c1ccc(C)cc1)c1cccc(Cl)c1. The van der Waals surface area contributed by atoms with E-state index in [0.29, 0.717) is 10.6 Å². The summed E-state index contributed by atoms with van der Waals surface area (Å²) in [7, 11) is -3.70. The van der Waals surface area contributed by atoms with Gasteiger partial charge < -0.3 is 5.32 Å². The van der Waals surface area contributed by atoms with Crippen LogP contribution in [-0.4, -0.2) is 14.3 Å². The minimum Gasteiger partial charge on any atom is -0.325 e. The molecule has 1 N–H and O–H groups in total. The fourth-order valence-electron chi connectivity index (χ4n) is 1.97. The summed E-state index contributed by atoms with van der Waals surface area (Å²) < 4.78 is 25.1. The van der Waals surface area contributed by atoms with Gasteiger partial charge in [-0.15, -0.1) is 0 Å². The number of sulfone groups is 1. The normalized spacial score (nSPS) is 12.0. The number of rotatable bonds is 4. The second-order valence-corrected chi connectivity index (χ2v) is 7.31. The zero-order valence-corrected chi connectivity index (χ0v) is 14.3. The van der Waals surface area contributed by atoms with Gasteiger partial charge in [0.1, 0.15) is 0 Å². The highest BCUT2D eigenvalue weighted by molar-refractivity contribution is 7.94. The third kappa shape index (κ3) is 4.68. The Morgan fingerprint density at radius 3 is 2.35 bits per heavy atom. The topological polar surface area (TPSA) is 63.2 Å². The van der Waals surface area contributed by atoms with E-state index in [1.54, 1.807) is 36.4 Å². The van der Waals surface area contributed by atoms with Crippen LogP contribution >= 0.6 is 11.6 Å². The number of hydrogen-bond donors (Lipinski definition) is 1. The molecule has 0 aromatic heterocycles. The molecule has 0 aliphatic rings. The van der Waals surface area contributed by atoms with Crippen LogP contribution in [0.1, 0.15) is 18.1 Å².